The highest BCUT2D eigenvalue weighted by molar-refractivity contribution is 5.95. The number of carbonyl (C=O) groups excluding carboxylic acids is 1. The molecule has 3 heteroatoms. The van der Waals surface area contributed by atoms with Crippen LogP contribution < -0.4 is 0 Å². The van der Waals surface area contributed by atoms with E-state index in [4.69, 9.17) is 0 Å². The molecule has 0 aliphatic carbocycles. The van der Waals surface area contributed by atoms with Gasteiger partial charge in [-0.3, -0.25) is 4.79 Å². The molecule has 0 spiro atoms. The molecule has 0 N–H and O–H groups in total. The molecular formula is C26H24N2O. The van der Waals surface area contributed by atoms with Crippen LogP contribution in [0.1, 0.15) is 40.1 Å². The minimum absolute atomic E-state index is 0.0599. The summed E-state index contributed by atoms with van der Waals surface area (Å²) in [5, 5.41) is 1.03. The summed E-state index contributed by atoms with van der Waals surface area (Å²) in [6.07, 6.45) is 0. The smallest absolute Gasteiger partial charge is 0.273 e. The zero-order valence-corrected chi connectivity index (χ0v) is 16.7. The average Bonchev–Trinajstić information content (AvgIpc) is 2.78. The van der Waals surface area contributed by atoms with E-state index in [0.717, 1.165) is 22.0 Å². The molecule has 4 aromatic rings. The number of hydrogen-bond acceptors (Lipinski definition) is 2. The lowest BCUT2D eigenvalue weighted by molar-refractivity contribution is 0.0668. The van der Waals surface area contributed by atoms with Crippen LogP contribution in [0.3, 0.4) is 0 Å². The van der Waals surface area contributed by atoms with Crippen molar-refractivity contribution >= 4 is 16.8 Å². The fourth-order valence-electron chi connectivity index (χ4n) is 3.60. The van der Waals surface area contributed by atoms with Gasteiger partial charge in [0.2, 0.25) is 0 Å². The van der Waals surface area contributed by atoms with E-state index >= 15 is 0 Å². The van der Waals surface area contributed by atoms with Gasteiger partial charge in [-0.2, -0.15) is 0 Å². The Morgan fingerprint density at radius 3 is 2.34 bits per heavy atom. The first-order valence-corrected chi connectivity index (χ1v) is 9.90. The van der Waals surface area contributed by atoms with Gasteiger partial charge in [-0.15, -0.1) is 0 Å². The van der Waals surface area contributed by atoms with Gasteiger partial charge in [0.05, 0.1) is 11.6 Å². The summed E-state index contributed by atoms with van der Waals surface area (Å²) < 4.78 is 0. The maximum absolute atomic E-state index is 13.6. The third kappa shape index (κ3) is 4.04. The SMILES string of the molecule is Cc1ccccc1CN(C(=O)c1ccc2ccccc2n1)[C@H](C)c1ccccc1. The number of para-hydroxylation sites is 1. The minimum Gasteiger partial charge on any atom is -0.326 e. The summed E-state index contributed by atoms with van der Waals surface area (Å²) >= 11 is 0. The van der Waals surface area contributed by atoms with Crippen molar-refractivity contribution < 1.29 is 4.79 Å². The molecule has 3 nitrogen and oxygen atoms in total. The minimum atomic E-state index is -0.0726. The number of hydrogen-bond donors (Lipinski definition) is 0. The zero-order valence-electron chi connectivity index (χ0n) is 16.7. The van der Waals surface area contributed by atoms with Gasteiger partial charge >= 0.3 is 0 Å². The van der Waals surface area contributed by atoms with E-state index in [1.54, 1.807) is 0 Å². The third-order valence-corrected chi connectivity index (χ3v) is 5.43. The van der Waals surface area contributed by atoms with E-state index in [9.17, 15) is 4.79 Å². The molecule has 0 aliphatic rings. The molecule has 0 fully saturated rings. The summed E-state index contributed by atoms with van der Waals surface area (Å²) in [5.74, 6) is -0.0599. The molecule has 3 aromatic carbocycles. The highest BCUT2D eigenvalue weighted by atomic mass is 16.2. The van der Waals surface area contributed by atoms with Gasteiger partial charge in [0.1, 0.15) is 5.69 Å². The summed E-state index contributed by atoms with van der Waals surface area (Å²) in [6.45, 7) is 4.70. The number of rotatable bonds is 5. The number of nitrogens with zero attached hydrogens (tertiary/aromatic N) is 2. The van der Waals surface area contributed by atoms with Crippen molar-refractivity contribution in [2.45, 2.75) is 26.4 Å². The van der Waals surface area contributed by atoms with E-state index in [1.807, 2.05) is 71.6 Å². The number of fused-ring (bicyclic) bond motifs is 1. The fourth-order valence-corrected chi connectivity index (χ4v) is 3.60. The van der Waals surface area contributed by atoms with E-state index in [2.05, 4.69) is 43.1 Å². The predicted octanol–water partition coefficient (Wildman–Crippen LogP) is 5.95. The normalized spacial score (nSPS) is 11.9. The molecule has 0 aliphatic heterocycles. The lowest BCUT2D eigenvalue weighted by atomic mass is 10.0. The largest absolute Gasteiger partial charge is 0.326 e. The van der Waals surface area contributed by atoms with Crippen molar-refractivity contribution in [1.82, 2.24) is 9.88 Å². The first-order valence-electron chi connectivity index (χ1n) is 9.90. The molecule has 0 saturated heterocycles. The van der Waals surface area contributed by atoms with Gasteiger partial charge < -0.3 is 4.90 Å². The molecule has 4 rings (SSSR count). The lowest BCUT2D eigenvalue weighted by Gasteiger charge is -2.30. The van der Waals surface area contributed by atoms with Gasteiger partial charge in [0.25, 0.3) is 5.91 Å². The standard InChI is InChI=1S/C26H24N2O/c1-19-10-6-7-14-23(19)18-28(20(2)21-11-4-3-5-12-21)26(29)25-17-16-22-13-8-9-15-24(22)27-25/h3-17,20H,18H2,1-2H3/t20-/m1/s1. The summed E-state index contributed by atoms with van der Waals surface area (Å²) in [6, 6.07) is 30.0. The van der Waals surface area contributed by atoms with Crippen molar-refractivity contribution in [2.24, 2.45) is 0 Å². The van der Waals surface area contributed by atoms with Crippen LogP contribution in [0.5, 0.6) is 0 Å². The van der Waals surface area contributed by atoms with Crippen LogP contribution in [-0.2, 0) is 6.54 Å². The molecule has 29 heavy (non-hydrogen) atoms. The number of pyridine rings is 1. The van der Waals surface area contributed by atoms with Crippen molar-refractivity contribution in [3.05, 3.63) is 113 Å². The van der Waals surface area contributed by atoms with Crippen LogP contribution in [-0.4, -0.2) is 15.8 Å². The predicted molar refractivity (Wildman–Crippen MR) is 118 cm³/mol. The van der Waals surface area contributed by atoms with Crippen LogP contribution in [0.25, 0.3) is 10.9 Å². The molecular weight excluding hydrogens is 356 g/mol. The van der Waals surface area contributed by atoms with Crippen LogP contribution in [0, 0.1) is 6.92 Å². The number of aromatic nitrogens is 1. The summed E-state index contributed by atoms with van der Waals surface area (Å²) in [5.41, 5.74) is 4.73. The Morgan fingerprint density at radius 2 is 1.55 bits per heavy atom. The van der Waals surface area contributed by atoms with Crippen molar-refractivity contribution in [1.29, 1.82) is 0 Å². The molecule has 0 bridgehead atoms. The molecule has 1 atom stereocenters. The van der Waals surface area contributed by atoms with Crippen LogP contribution in [0.15, 0.2) is 91.0 Å². The average molecular weight is 380 g/mol. The maximum atomic E-state index is 13.6. The molecule has 0 unspecified atom stereocenters. The Morgan fingerprint density at radius 1 is 0.862 bits per heavy atom. The number of benzene rings is 3. The highest BCUT2D eigenvalue weighted by Crippen LogP contribution is 2.26. The Balaban J connectivity index is 1.73. The molecule has 1 amide bonds. The van der Waals surface area contributed by atoms with E-state index in [0.29, 0.717) is 12.2 Å². The highest BCUT2D eigenvalue weighted by Gasteiger charge is 2.24. The lowest BCUT2D eigenvalue weighted by Crippen LogP contribution is -2.34. The molecule has 0 radical (unpaired) electrons. The first-order chi connectivity index (χ1) is 14.1. The second-order valence-electron chi connectivity index (χ2n) is 7.34. The van der Waals surface area contributed by atoms with Crippen LogP contribution >= 0.6 is 0 Å². The monoisotopic (exact) mass is 380 g/mol. The molecule has 0 saturated carbocycles. The van der Waals surface area contributed by atoms with Gasteiger partial charge in [-0.1, -0.05) is 78.9 Å². The van der Waals surface area contributed by atoms with Gasteiger partial charge in [0.15, 0.2) is 0 Å². The Labute approximate surface area is 171 Å². The van der Waals surface area contributed by atoms with Gasteiger partial charge in [-0.25, -0.2) is 4.98 Å². The quantitative estimate of drug-likeness (QED) is 0.429. The molecule has 144 valence electrons. The first kappa shape index (κ1) is 18.9. The van der Waals surface area contributed by atoms with E-state index in [1.165, 1.54) is 5.56 Å². The van der Waals surface area contributed by atoms with Crippen molar-refractivity contribution in [3.63, 3.8) is 0 Å². The number of carbonyl (C=O) groups is 1. The molecule has 1 aromatic heterocycles. The second kappa shape index (κ2) is 8.27. The second-order valence-corrected chi connectivity index (χ2v) is 7.34. The van der Waals surface area contributed by atoms with Crippen molar-refractivity contribution in [3.8, 4) is 0 Å². The van der Waals surface area contributed by atoms with E-state index < -0.39 is 0 Å². The van der Waals surface area contributed by atoms with Crippen LogP contribution in [0.2, 0.25) is 0 Å². The Hall–Kier alpha value is -3.46. The fraction of sp³-hybridized carbons (Fsp3) is 0.154. The van der Waals surface area contributed by atoms with Crippen molar-refractivity contribution in [2.75, 3.05) is 0 Å². The zero-order chi connectivity index (χ0) is 20.2. The maximum Gasteiger partial charge on any atom is 0.273 e. The molecule has 1 heterocycles. The third-order valence-electron chi connectivity index (χ3n) is 5.43. The van der Waals surface area contributed by atoms with Gasteiger partial charge in [0, 0.05) is 11.9 Å². The number of aryl methyl sites for hydroxylation is 1. The van der Waals surface area contributed by atoms with E-state index in [-0.39, 0.29) is 11.9 Å². The Bertz CT molecular complexity index is 1140. The summed E-state index contributed by atoms with van der Waals surface area (Å²) in [7, 11) is 0. The summed E-state index contributed by atoms with van der Waals surface area (Å²) in [4.78, 5) is 20.1. The topological polar surface area (TPSA) is 33.2 Å². The van der Waals surface area contributed by atoms with Gasteiger partial charge in [-0.05, 0) is 42.7 Å². The number of amides is 1. The Kier molecular flexibility index (Phi) is 5.39. The van der Waals surface area contributed by atoms with Crippen LogP contribution in [0.4, 0.5) is 0 Å².